The van der Waals surface area contributed by atoms with E-state index in [9.17, 15) is 0 Å². The molecule has 0 aliphatic heterocycles. The first kappa shape index (κ1) is 9.15. The Bertz CT molecular complexity index is 143. The van der Waals surface area contributed by atoms with Crippen molar-refractivity contribution in [2.24, 2.45) is 4.99 Å². The molecule has 0 aliphatic rings. The van der Waals surface area contributed by atoms with Gasteiger partial charge in [-0.15, -0.1) is 0 Å². The molecule has 0 saturated carbocycles. The Labute approximate surface area is 63.2 Å². The van der Waals surface area contributed by atoms with Gasteiger partial charge in [0.1, 0.15) is 0 Å². The quantitative estimate of drug-likeness (QED) is 0.417. The fourth-order valence-electron chi connectivity index (χ4n) is 0.596. The van der Waals surface area contributed by atoms with E-state index in [1.54, 1.807) is 6.08 Å². The van der Waals surface area contributed by atoms with E-state index in [4.69, 9.17) is 0 Å². The molecule has 0 aromatic heterocycles. The van der Waals surface area contributed by atoms with Crippen molar-refractivity contribution in [1.29, 1.82) is 0 Å². The molecular weight excluding hydrogens is 122 g/mol. The van der Waals surface area contributed by atoms with Crippen LogP contribution in [0.25, 0.3) is 0 Å². The first-order valence-electron chi connectivity index (χ1n) is 3.51. The molecule has 56 valence electrons. The monoisotopic (exact) mass is 137 g/mol. The first-order chi connectivity index (χ1) is 4.81. The molecule has 0 atom stereocenters. The van der Waals surface area contributed by atoms with Crippen molar-refractivity contribution in [2.45, 2.75) is 19.8 Å². The van der Waals surface area contributed by atoms with Gasteiger partial charge in [0.2, 0.25) is 0 Å². The lowest BCUT2D eigenvalue weighted by Crippen LogP contribution is -1.87. The highest BCUT2D eigenvalue weighted by molar-refractivity contribution is 5.81. The van der Waals surface area contributed by atoms with E-state index in [-0.39, 0.29) is 0 Å². The van der Waals surface area contributed by atoms with Crippen molar-refractivity contribution in [2.75, 3.05) is 7.05 Å². The maximum Gasteiger partial charge on any atom is 0.0276 e. The average molecular weight is 137 g/mol. The lowest BCUT2D eigenvalue weighted by atomic mass is 10.2. The summed E-state index contributed by atoms with van der Waals surface area (Å²) in [4.78, 5) is 4.04. The Kier molecular flexibility index (Phi) is 5.74. The Morgan fingerprint density at radius 1 is 1.60 bits per heavy atom. The Morgan fingerprint density at radius 2 is 2.30 bits per heavy atom. The van der Waals surface area contributed by atoms with Crippen LogP contribution < -0.4 is 0 Å². The molecule has 10 heavy (non-hydrogen) atoms. The molecule has 0 rings (SSSR count). The number of hydrogen-bond donors (Lipinski definition) is 0. The predicted octanol–water partition coefficient (Wildman–Crippen LogP) is 2.60. The Morgan fingerprint density at radius 3 is 2.80 bits per heavy atom. The van der Waals surface area contributed by atoms with E-state index in [1.807, 2.05) is 20.0 Å². The van der Waals surface area contributed by atoms with E-state index < -0.39 is 0 Å². The number of hydrogen-bond acceptors (Lipinski definition) is 1. The van der Waals surface area contributed by atoms with E-state index in [2.05, 4.69) is 17.6 Å². The Hall–Kier alpha value is -0.850. The minimum Gasteiger partial charge on any atom is -0.298 e. The lowest BCUT2D eigenvalue weighted by Gasteiger charge is -1.92. The lowest BCUT2D eigenvalue weighted by molar-refractivity contribution is 1.08. The average Bonchev–Trinajstić information content (AvgIpc) is 1.98. The second-order valence-electron chi connectivity index (χ2n) is 2.16. The van der Waals surface area contributed by atoms with E-state index in [0.29, 0.717) is 0 Å². The van der Waals surface area contributed by atoms with Gasteiger partial charge in [-0.05, 0) is 19.8 Å². The van der Waals surface area contributed by atoms with Crippen LogP contribution in [0.2, 0.25) is 0 Å². The summed E-state index contributed by atoms with van der Waals surface area (Å²) in [6.07, 6.45) is 7.97. The van der Waals surface area contributed by atoms with Gasteiger partial charge in [0.15, 0.2) is 0 Å². The third kappa shape index (κ3) is 5.29. The van der Waals surface area contributed by atoms with Crippen LogP contribution in [0.5, 0.6) is 0 Å². The molecule has 0 bridgehead atoms. The molecule has 0 saturated heterocycles. The predicted molar refractivity (Wildman–Crippen MR) is 47.6 cm³/mol. The minimum absolute atomic E-state index is 1.06. The van der Waals surface area contributed by atoms with Gasteiger partial charge in [0.05, 0.1) is 0 Å². The maximum absolute atomic E-state index is 4.04. The molecular formula is C9H15N. The summed E-state index contributed by atoms with van der Waals surface area (Å²) in [5.74, 6) is 0. The number of rotatable bonds is 4. The topological polar surface area (TPSA) is 12.4 Å². The van der Waals surface area contributed by atoms with Gasteiger partial charge in [-0.25, -0.2) is 0 Å². The van der Waals surface area contributed by atoms with Gasteiger partial charge < -0.3 is 0 Å². The van der Waals surface area contributed by atoms with Crippen molar-refractivity contribution < 1.29 is 0 Å². The summed E-state index contributed by atoms with van der Waals surface area (Å²) in [5, 5.41) is 0. The summed E-state index contributed by atoms with van der Waals surface area (Å²) in [7, 11) is 1.83. The van der Waals surface area contributed by atoms with Crippen LogP contribution in [0.3, 0.4) is 0 Å². The zero-order valence-electron chi connectivity index (χ0n) is 6.80. The van der Waals surface area contributed by atoms with E-state index in [0.717, 1.165) is 12.8 Å². The highest BCUT2D eigenvalue weighted by atomic mass is 14.7. The smallest absolute Gasteiger partial charge is 0.0276 e. The largest absolute Gasteiger partial charge is 0.298 e. The van der Waals surface area contributed by atoms with Gasteiger partial charge in [0.25, 0.3) is 0 Å². The third-order valence-corrected chi connectivity index (χ3v) is 1.33. The van der Waals surface area contributed by atoms with Crippen LogP contribution in [-0.2, 0) is 0 Å². The van der Waals surface area contributed by atoms with Crippen LogP contribution >= 0.6 is 0 Å². The summed E-state index contributed by atoms with van der Waals surface area (Å²) >= 11 is 0. The van der Waals surface area contributed by atoms with Crippen molar-refractivity contribution in [3.63, 3.8) is 0 Å². The number of allylic oxidation sites excluding steroid dienone is 3. The molecule has 0 heterocycles. The van der Waals surface area contributed by atoms with Crippen LogP contribution in [0, 0.1) is 0 Å². The number of nitrogens with zero attached hydrogens (tertiary/aromatic N) is 1. The molecule has 0 aromatic carbocycles. The van der Waals surface area contributed by atoms with Gasteiger partial charge >= 0.3 is 0 Å². The van der Waals surface area contributed by atoms with Gasteiger partial charge in [-0.2, -0.15) is 0 Å². The number of aliphatic imine (C=N–C) groups is 1. The molecule has 0 aromatic rings. The fraction of sp³-hybridized carbons (Fsp3) is 0.444. The highest BCUT2D eigenvalue weighted by Gasteiger charge is 1.84. The van der Waals surface area contributed by atoms with Crippen LogP contribution in [-0.4, -0.2) is 12.8 Å². The standard InChI is InChI=1S/C9H15N/c1-4-5-6-7-8-9(2)10-3/h4-6H,1,7-8H2,2-3H3/b6-5-,10-9?. The zero-order valence-corrected chi connectivity index (χ0v) is 6.80. The second-order valence-corrected chi connectivity index (χ2v) is 2.16. The Balaban J connectivity index is 3.36. The van der Waals surface area contributed by atoms with E-state index in [1.165, 1.54) is 5.71 Å². The van der Waals surface area contributed by atoms with E-state index >= 15 is 0 Å². The summed E-state index contributed by atoms with van der Waals surface area (Å²) < 4.78 is 0. The molecule has 1 heteroatoms. The normalized spacial score (nSPS) is 12.4. The molecule has 0 aliphatic carbocycles. The molecule has 0 unspecified atom stereocenters. The molecule has 0 radical (unpaired) electrons. The van der Waals surface area contributed by atoms with Crippen molar-refractivity contribution in [3.8, 4) is 0 Å². The van der Waals surface area contributed by atoms with Gasteiger partial charge in [0, 0.05) is 12.8 Å². The molecule has 1 nitrogen and oxygen atoms in total. The highest BCUT2D eigenvalue weighted by Crippen LogP contribution is 1.93. The summed E-state index contributed by atoms with van der Waals surface area (Å²) in [6, 6.07) is 0. The molecule has 0 N–H and O–H groups in total. The van der Waals surface area contributed by atoms with Crippen molar-refractivity contribution >= 4 is 5.71 Å². The van der Waals surface area contributed by atoms with Gasteiger partial charge in [-0.3, -0.25) is 4.99 Å². The van der Waals surface area contributed by atoms with Crippen LogP contribution in [0.1, 0.15) is 19.8 Å². The van der Waals surface area contributed by atoms with Crippen LogP contribution in [0.4, 0.5) is 0 Å². The fourth-order valence-corrected chi connectivity index (χ4v) is 0.596. The second kappa shape index (κ2) is 6.27. The van der Waals surface area contributed by atoms with Crippen molar-refractivity contribution in [3.05, 3.63) is 24.8 Å². The SMILES string of the molecule is C=C/C=C\CCC(C)=NC. The minimum atomic E-state index is 1.06. The van der Waals surface area contributed by atoms with Crippen LogP contribution in [0.15, 0.2) is 29.8 Å². The molecule has 0 spiro atoms. The zero-order chi connectivity index (χ0) is 7.82. The summed E-state index contributed by atoms with van der Waals surface area (Å²) in [5.41, 5.74) is 1.20. The molecule has 0 amide bonds. The third-order valence-electron chi connectivity index (χ3n) is 1.33. The van der Waals surface area contributed by atoms with Gasteiger partial charge in [-0.1, -0.05) is 24.8 Å². The maximum atomic E-state index is 4.04. The first-order valence-corrected chi connectivity index (χ1v) is 3.51. The summed E-state index contributed by atoms with van der Waals surface area (Å²) in [6.45, 7) is 5.62. The van der Waals surface area contributed by atoms with Crippen molar-refractivity contribution in [1.82, 2.24) is 0 Å². The molecule has 0 fully saturated rings.